The van der Waals surface area contributed by atoms with Crippen LogP contribution >= 0.6 is 0 Å². The van der Waals surface area contributed by atoms with Crippen molar-refractivity contribution in [2.45, 2.75) is 33.6 Å². The zero-order valence-corrected chi connectivity index (χ0v) is 9.30. The molecule has 1 rings (SSSR count). The van der Waals surface area contributed by atoms with Crippen LogP contribution in [0.25, 0.3) is 0 Å². The summed E-state index contributed by atoms with van der Waals surface area (Å²) in [5.41, 5.74) is 3.49. The molecule has 1 heteroatoms. The SMILES string of the molecule is Cc1ccc(CCC(=N)C(C)C)cc1. The van der Waals surface area contributed by atoms with E-state index in [4.69, 9.17) is 5.41 Å². The summed E-state index contributed by atoms with van der Waals surface area (Å²) < 4.78 is 0. The Labute approximate surface area is 86.7 Å². The van der Waals surface area contributed by atoms with E-state index in [9.17, 15) is 0 Å². The molecule has 0 aliphatic carbocycles. The quantitative estimate of drug-likeness (QED) is 0.700. The standard InChI is InChI=1S/C13H19N/c1-10(2)13(14)9-8-12-6-4-11(3)5-7-12/h4-7,10,14H,8-9H2,1-3H3. The van der Waals surface area contributed by atoms with Gasteiger partial charge in [0.1, 0.15) is 0 Å². The highest BCUT2D eigenvalue weighted by atomic mass is 14.4. The normalized spacial score (nSPS) is 10.6. The maximum atomic E-state index is 7.73. The highest BCUT2D eigenvalue weighted by molar-refractivity contribution is 5.83. The van der Waals surface area contributed by atoms with Crippen molar-refractivity contribution in [1.29, 1.82) is 5.41 Å². The van der Waals surface area contributed by atoms with E-state index < -0.39 is 0 Å². The van der Waals surface area contributed by atoms with E-state index in [1.165, 1.54) is 11.1 Å². The maximum absolute atomic E-state index is 7.73. The van der Waals surface area contributed by atoms with Crippen molar-refractivity contribution in [2.24, 2.45) is 5.92 Å². The van der Waals surface area contributed by atoms with Gasteiger partial charge in [0.05, 0.1) is 0 Å². The van der Waals surface area contributed by atoms with Crippen molar-refractivity contribution in [2.75, 3.05) is 0 Å². The lowest BCUT2D eigenvalue weighted by Gasteiger charge is -2.07. The molecule has 0 aliphatic heterocycles. The van der Waals surface area contributed by atoms with Crippen LogP contribution in [-0.4, -0.2) is 5.71 Å². The molecule has 0 heterocycles. The van der Waals surface area contributed by atoms with E-state index in [0.29, 0.717) is 5.92 Å². The van der Waals surface area contributed by atoms with Crippen LogP contribution in [-0.2, 0) is 6.42 Å². The van der Waals surface area contributed by atoms with Gasteiger partial charge in [-0.05, 0) is 31.2 Å². The lowest BCUT2D eigenvalue weighted by molar-refractivity contribution is 0.828. The molecule has 1 N–H and O–H groups in total. The highest BCUT2D eigenvalue weighted by Crippen LogP contribution is 2.08. The summed E-state index contributed by atoms with van der Waals surface area (Å²) in [5, 5.41) is 7.73. The summed E-state index contributed by atoms with van der Waals surface area (Å²) in [6.07, 6.45) is 1.89. The molecule has 0 fully saturated rings. The van der Waals surface area contributed by atoms with Crippen molar-refractivity contribution in [3.8, 4) is 0 Å². The van der Waals surface area contributed by atoms with Gasteiger partial charge in [0.15, 0.2) is 0 Å². The smallest absolute Gasteiger partial charge is 0.0118 e. The van der Waals surface area contributed by atoms with Crippen LogP contribution in [0.4, 0.5) is 0 Å². The fourth-order valence-corrected chi connectivity index (χ4v) is 1.32. The molecular formula is C13H19N. The predicted molar refractivity (Wildman–Crippen MR) is 62.1 cm³/mol. The number of benzene rings is 1. The minimum absolute atomic E-state index is 0.389. The number of hydrogen-bond donors (Lipinski definition) is 1. The molecule has 0 saturated heterocycles. The van der Waals surface area contributed by atoms with Crippen molar-refractivity contribution < 1.29 is 0 Å². The van der Waals surface area contributed by atoms with Crippen molar-refractivity contribution in [1.82, 2.24) is 0 Å². The number of aryl methyl sites for hydroxylation is 2. The van der Waals surface area contributed by atoms with Gasteiger partial charge in [-0.15, -0.1) is 0 Å². The monoisotopic (exact) mass is 189 g/mol. The minimum atomic E-state index is 0.389. The molecule has 76 valence electrons. The van der Waals surface area contributed by atoms with Gasteiger partial charge in [0, 0.05) is 5.71 Å². The van der Waals surface area contributed by atoms with E-state index in [2.05, 4.69) is 45.0 Å². The van der Waals surface area contributed by atoms with Crippen LogP contribution in [0.15, 0.2) is 24.3 Å². The third-order valence-corrected chi connectivity index (χ3v) is 2.50. The average molecular weight is 189 g/mol. The van der Waals surface area contributed by atoms with Crippen LogP contribution in [0.2, 0.25) is 0 Å². The Kier molecular flexibility index (Phi) is 3.87. The first-order chi connectivity index (χ1) is 6.59. The van der Waals surface area contributed by atoms with Crippen LogP contribution < -0.4 is 0 Å². The summed E-state index contributed by atoms with van der Waals surface area (Å²) in [7, 11) is 0. The Morgan fingerprint density at radius 2 is 1.79 bits per heavy atom. The minimum Gasteiger partial charge on any atom is -0.309 e. The van der Waals surface area contributed by atoms with Gasteiger partial charge in [-0.1, -0.05) is 43.7 Å². The average Bonchev–Trinajstić information content (AvgIpc) is 2.16. The van der Waals surface area contributed by atoms with Crippen molar-refractivity contribution >= 4 is 5.71 Å². The molecule has 1 nitrogen and oxygen atoms in total. The summed E-state index contributed by atoms with van der Waals surface area (Å²) in [5.74, 6) is 0.389. The Morgan fingerprint density at radius 3 is 2.29 bits per heavy atom. The second-order valence-electron chi connectivity index (χ2n) is 4.17. The Hall–Kier alpha value is -1.11. The van der Waals surface area contributed by atoms with Gasteiger partial charge >= 0.3 is 0 Å². The lowest BCUT2D eigenvalue weighted by Crippen LogP contribution is -2.06. The summed E-state index contributed by atoms with van der Waals surface area (Å²) in [6, 6.07) is 8.58. The highest BCUT2D eigenvalue weighted by Gasteiger charge is 2.02. The third-order valence-electron chi connectivity index (χ3n) is 2.50. The molecule has 14 heavy (non-hydrogen) atoms. The number of hydrogen-bond acceptors (Lipinski definition) is 1. The fraction of sp³-hybridized carbons (Fsp3) is 0.462. The van der Waals surface area contributed by atoms with E-state index >= 15 is 0 Å². The Bertz CT molecular complexity index is 296. The zero-order valence-electron chi connectivity index (χ0n) is 9.30. The van der Waals surface area contributed by atoms with Crippen LogP contribution in [0.1, 0.15) is 31.4 Å². The van der Waals surface area contributed by atoms with E-state index in [1.807, 2.05) is 0 Å². The molecule has 0 radical (unpaired) electrons. The lowest BCUT2D eigenvalue weighted by atomic mass is 10.00. The van der Waals surface area contributed by atoms with Gasteiger partial charge < -0.3 is 5.41 Å². The molecule has 0 spiro atoms. The summed E-state index contributed by atoms with van der Waals surface area (Å²) >= 11 is 0. The first-order valence-electron chi connectivity index (χ1n) is 5.22. The van der Waals surface area contributed by atoms with Gasteiger partial charge in [-0.25, -0.2) is 0 Å². The molecule has 0 bridgehead atoms. The van der Waals surface area contributed by atoms with Crippen molar-refractivity contribution in [3.63, 3.8) is 0 Å². The predicted octanol–water partition coefficient (Wildman–Crippen LogP) is 3.60. The molecule has 0 unspecified atom stereocenters. The molecule has 1 aromatic carbocycles. The molecule has 0 saturated carbocycles. The van der Waals surface area contributed by atoms with Gasteiger partial charge in [-0.2, -0.15) is 0 Å². The van der Waals surface area contributed by atoms with Gasteiger partial charge in [-0.3, -0.25) is 0 Å². The second kappa shape index (κ2) is 4.94. The molecule has 0 atom stereocenters. The largest absolute Gasteiger partial charge is 0.309 e. The van der Waals surface area contributed by atoms with Crippen molar-refractivity contribution in [3.05, 3.63) is 35.4 Å². The Balaban J connectivity index is 2.46. The summed E-state index contributed by atoms with van der Waals surface area (Å²) in [4.78, 5) is 0. The second-order valence-corrected chi connectivity index (χ2v) is 4.17. The summed E-state index contributed by atoms with van der Waals surface area (Å²) in [6.45, 7) is 6.26. The zero-order chi connectivity index (χ0) is 10.6. The van der Waals surface area contributed by atoms with Crippen LogP contribution in [0.3, 0.4) is 0 Å². The maximum Gasteiger partial charge on any atom is 0.0118 e. The number of rotatable bonds is 4. The van der Waals surface area contributed by atoms with Gasteiger partial charge in [0.2, 0.25) is 0 Å². The first kappa shape index (κ1) is 11.0. The topological polar surface area (TPSA) is 23.9 Å². The van der Waals surface area contributed by atoms with Crippen LogP contribution in [0, 0.1) is 18.3 Å². The van der Waals surface area contributed by atoms with Crippen LogP contribution in [0.5, 0.6) is 0 Å². The molecular weight excluding hydrogens is 170 g/mol. The van der Waals surface area contributed by atoms with E-state index in [1.54, 1.807) is 0 Å². The number of nitrogens with one attached hydrogen (secondary N) is 1. The Morgan fingerprint density at radius 1 is 1.21 bits per heavy atom. The molecule has 0 aliphatic rings. The first-order valence-corrected chi connectivity index (χ1v) is 5.22. The van der Waals surface area contributed by atoms with E-state index in [0.717, 1.165) is 18.6 Å². The molecule has 0 amide bonds. The fourth-order valence-electron chi connectivity index (χ4n) is 1.32. The molecule has 0 aromatic heterocycles. The van der Waals surface area contributed by atoms with E-state index in [-0.39, 0.29) is 0 Å². The third kappa shape index (κ3) is 3.33. The molecule has 1 aromatic rings. The van der Waals surface area contributed by atoms with Gasteiger partial charge in [0.25, 0.3) is 0 Å².